The molecule has 3 rings (SSSR count). The van der Waals surface area contributed by atoms with Gasteiger partial charge in [0.15, 0.2) is 0 Å². The lowest BCUT2D eigenvalue weighted by atomic mass is 10.0. The normalized spacial score (nSPS) is 13.1. The Labute approximate surface area is 137 Å². The molecule has 1 unspecified atom stereocenters. The molecule has 0 saturated carbocycles. The number of hydrogen-bond acceptors (Lipinski definition) is 2. The molecule has 4 heteroatoms. The zero-order valence-electron chi connectivity index (χ0n) is 13.2. The largest absolute Gasteiger partial charge is 0.241 e. The summed E-state index contributed by atoms with van der Waals surface area (Å²) in [7, 11) is -3.57. The highest BCUT2D eigenvalue weighted by Gasteiger charge is 2.19. The van der Waals surface area contributed by atoms with Crippen LogP contribution in [-0.2, 0) is 10.0 Å². The molecule has 0 aliphatic rings. The van der Waals surface area contributed by atoms with Gasteiger partial charge in [0, 0.05) is 6.04 Å². The summed E-state index contributed by atoms with van der Waals surface area (Å²) in [5, 5.41) is 1.94. The second-order valence-corrected chi connectivity index (χ2v) is 7.42. The highest BCUT2D eigenvalue weighted by atomic mass is 32.2. The van der Waals surface area contributed by atoms with Gasteiger partial charge < -0.3 is 0 Å². The molecule has 1 atom stereocenters. The molecule has 0 radical (unpaired) electrons. The molecule has 118 valence electrons. The highest BCUT2D eigenvalue weighted by molar-refractivity contribution is 7.89. The topological polar surface area (TPSA) is 46.2 Å². The lowest BCUT2D eigenvalue weighted by Crippen LogP contribution is -2.27. The van der Waals surface area contributed by atoms with Crippen molar-refractivity contribution in [3.8, 4) is 0 Å². The second kappa shape index (κ2) is 6.14. The molecule has 3 aromatic rings. The molecular formula is C19H19NO2S. The van der Waals surface area contributed by atoms with Gasteiger partial charge in [0.1, 0.15) is 0 Å². The standard InChI is InChI=1S/C19H19NO2S/c1-14-7-3-6-10-19(14)15(2)20-23(21,22)18-12-11-16-8-4-5-9-17(16)13-18/h3-13,15,20H,1-2H3. The average Bonchev–Trinajstić information content (AvgIpc) is 2.54. The van der Waals surface area contributed by atoms with Gasteiger partial charge in [-0.3, -0.25) is 0 Å². The smallest absolute Gasteiger partial charge is 0.207 e. The molecule has 0 amide bonds. The summed E-state index contributed by atoms with van der Waals surface area (Å²) in [5.74, 6) is 0. The Kier molecular flexibility index (Phi) is 4.20. The number of aryl methyl sites for hydroxylation is 1. The maximum atomic E-state index is 12.7. The van der Waals surface area contributed by atoms with Gasteiger partial charge in [-0.15, -0.1) is 0 Å². The van der Waals surface area contributed by atoms with Crippen molar-refractivity contribution in [2.45, 2.75) is 24.8 Å². The van der Waals surface area contributed by atoms with E-state index in [-0.39, 0.29) is 10.9 Å². The number of fused-ring (bicyclic) bond motifs is 1. The average molecular weight is 325 g/mol. The molecule has 23 heavy (non-hydrogen) atoms. The molecule has 0 aliphatic carbocycles. The fraction of sp³-hybridized carbons (Fsp3) is 0.158. The van der Waals surface area contributed by atoms with Crippen molar-refractivity contribution in [2.24, 2.45) is 0 Å². The van der Waals surface area contributed by atoms with E-state index in [0.717, 1.165) is 21.9 Å². The molecule has 0 aromatic heterocycles. The Balaban J connectivity index is 1.92. The zero-order valence-corrected chi connectivity index (χ0v) is 14.0. The molecule has 0 heterocycles. The molecule has 3 aromatic carbocycles. The Bertz CT molecular complexity index is 948. The molecule has 3 nitrogen and oxygen atoms in total. The Morgan fingerprint density at radius 1 is 0.870 bits per heavy atom. The Morgan fingerprint density at radius 2 is 1.52 bits per heavy atom. The summed E-state index contributed by atoms with van der Waals surface area (Å²) in [6, 6.07) is 20.4. The van der Waals surface area contributed by atoms with E-state index in [9.17, 15) is 8.42 Å². The van der Waals surface area contributed by atoms with Gasteiger partial charge in [0.25, 0.3) is 0 Å². The van der Waals surface area contributed by atoms with E-state index in [2.05, 4.69) is 4.72 Å². The Hall–Kier alpha value is -2.17. The van der Waals surface area contributed by atoms with Gasteiger partial charge in [-0.25, -0.2) is 13.1 Å². The van der Waals surface area contributed by atoms with Crippen molar-refractivity contribution in [2.75, 3.05) is 0 Å². The minimum absolute atomic E-state index is 0.285. The van der Waals surface area contributed by atoms with E-state index in [1.807, 2.05) is 68.4 Å². The van der Waals surface area contributed by atoms with Gasteiger partial charge in [0.05, 0.1) is 4.90 Å². The summed E-state index contributed by atoms with van der Waals surface area (Å²) >= 11 is 0. The van der Waals surface area contributed by atoms with E-state index in [1.54, 1.807) is 12.1 Å². The van der Waals surface area contributed by atoms with Crippen LogP contribution >= 0.6 is 0 Å². The van der Waals surface area contributed by atoms with Crippen molar-refractivity contribution >= 4 is 20.8 Å². The van der Waals surface area contributed by atoms with Crippen molar-refractivity contribution in [3.05, 3.63) is 77.9 Å². The van der Waals surface area contributed by atoms with E-state index >= 15 is 0 Å². The Morgan fingerprint density at radius 3 is 2.26 bits per heavy atom. The van der Waals surface area contributed by atoms with E-state index in [1.165, 1.54) is 0 Å². The first-order chi connectivity index (χ1) is 11.0. The van der Waals surface area contributed by atoms with Gasteiger partial charge in [-0.1, -0.05) is 54.6 Å². The number of benzene rings is 3. The molecule has 1 N–H and O–H groups in total. The second-order valence-electron chi connectivity index (χ2n) is 5.71. The third-order valence-corrected chi connectivity index (χ3v) is 5.56. The number of rotatable bonds is 4. The van der Waals surface area contributed by atoms with Crippen LogP contribution in [0.1, 0.15) is 24.1 Å². The van der Waals surface area contributed by atoms with Gasteiger partial charge >= 0.3 is 0 Å². The van der Waals surface area contributed by atoms with Crippen molar-refractivity contribution in [1.29, 1.82) is 0 Å². The fourth-order valence-corrected chi connectivity index (χ4v) is 4.03. The number of hydrogen-bond donors (Lipinski definition) is 1. The maximum absolute atomic E-state index is 12.7. The summed E-state index contributed by atoms with van der Waals surface area (Å²) in [5.41, 5.74) is 2.05. The maximum Gasteiger partial charge on any atom is 0.241 e. The molecule has 0 saturated heterocycles. The van der Waals surface area contributed by atoms with Crippen molar-refractivity contribution in [3.63, 3.8) is 0 Å². The van der Waals surface area contributed by atoms with Crippen LogP contribution < -0.4 is 4.72 Å². The predicted molar refractivity (Wildman–Crippen MR) is 93.9 cm³/mol. The quantitative estimate of drug-likeness (QED) is 0.782. The molecule has 0 fully saturated rings. The zero-order chi connectivity index (χ0) is 16.4. The first kappa shape index (κ1) is 15.7. The number of nitrogens with one attached hydrogen (secondary N) is 1. The van der Waals surface area contributed by atoms with Crippen LogP contribution in [-0.4, -0.2) is 8.42 Å². The fourth-order valence-electron chi connectivity index (χ4n) is 2.77. The van der Waals surface area contributed by atoms with Crippen LogP contribution in [0.3, 0.4) is 0 Å². The molecule has 0 bridgehead atoms. The SMILES string of the molecule is Cc1ccccc1C(C)NS(=O)(=O)c1ccc2ccccc2c1. The van der Waals surface area contributed by atoms with Crippen molar-refractivity contribution in [1.82, 2.24) is 4.72 Å². The van der Waals surface area contributed by atoms with Gasteiger partial charge in [-0.05, 0) is 47.9 Å². The summed E-state index contributed by atoms with van der Waals surface area (Å²) < 4.78 is 28.1. The van der Waals surface area contributed by atoms with Crippen LogP contribution in [0.4, 0.5) is 0 Å². The molecule has 0 spiro atoms. The van der Waals surface area contributed by atoms with Crippen LogP contribution in [0.2, 0.25) is 0 Å². The first-order valence-electron chi connectivity index (χ1n) is 7.54. The lowest BCUT2D eigenvalue weighted by Gasteiger charge is -2.17. The highest BCUT2D eigenvalue weighted by Crippen LogP contribution is 2.22. The van der Waals surface area contributed by atoms with Crippen LogP contribution in [0.15, 0.2) is 71.6 Å². The third-order valence-electron chi connectivity index (χ3n) is 4.02. The summed E-state index contributed by atoms with van der Waals surface area (Å²) in [6.07, 6.45) is 0. The van der Waals surface area contributed by atoms with E-state index < -0.39 is 10.0 Å². The minimum Gasteiger partial charge on any atom is -0.207 e. The van der Waals surface area contributed by atoms with Crippen LogP contribution in [0.25, 0.3) is 10.8 Å². The van der Waals surface area contributed by atoms with E-state index in [4.69, 9.17) is 0 Å². The van der Waals surface area contributed by atoms with Crippen LogP contribution in [0.5, 0.6) is 0 Å². The number of sulfonamides is 1. The van der Waals surface area contributed by atoms with Crippen LogP contribution in [0, 0.1) is 6.92 Å². The predicted octanol–water partition coefficient (Wildman–Crippen LogP) is 4.19. The van der Waals surface area contributed by atoms with Crippen molar-refractivity contribution < 1.29 is 8.42 Å². The van der Waals surface area contributed by atoms with Gasteiger partial charge in [0.2, 0.25) is 10.0 Å². The first-order valence-corrected chi connectivity index (χ1v) is 9.02. The monoisotopic (exact) mass is 325 g/mol. The summed E-state index contributed by atoms with van der Waals surface area (Å²) in [4.78, 5) is 0.289. The lowest BCUT2D eigenvalue weighted by molar-refractivity contribution is 0.566. The molecular weight excluding hydrogens is 306 g/mol. The van der Waals surface area contributed by atoms with E-state index in [0.29, 0.717) is 0 Å². The minimum atomic E-state index is -3.57. The van der Waals surface area contributed by atoms with Gasteiger partial charge in [-0.2, -0.15) is 0 Å². The third kappa shape index (κ3) is 3.28. The summed E-state index contributed by atoms with van der Waals surface area (Å²) in [6.45, 7) is 3.84. The molecule has 0 aliphatic heterocycles.